The number of thiocyanates is 1. The number of thioether (sulfide) groups is 1. The molecule has 19 heavy (non-hydrogen) atoms. The fourth-order valence-electron chi connectivity index (χ4n) is 1.37. The lowest BCUT2D eigenvalue weighted by Crippen LogP contribution is -1.96. The molecule has 5 nitrogen and oxygen atoms in total. The van der Waals surface area contributed by atoms with Crippen molar-refractivity contribution < 1.29 is 4.74 Å². The van der Waals surface area contributed by atoms with Gasteiger partial charge in [-0.25, -0.2) is 9.97 Å². The molecule has 96 valence electrons. The first-order valence-corrected chi connectivity index (χ1v) is 7.01. The average Bonchev–Trinajstić information content (AvgIpc) is 2.41. The van der Waals surface area contributed by atoms with Crippen molar-refractivity contribution in [3.63, 3.8) is 0 Å². The Hall–Kier alpha value is -1.78. The van der Waals surface area contributed by atoms with Gasteiger partial charge >= 0.3 is 6.01 Å². The zero-order valence-electron chi connectivity index (χ0n) is 9.71. The minimum Gasteiger partial charge on any atom is -0.424 e. The van der Waals surface area contributed by atoms with E-state index in [0.29, 0.717) is 17.2 Å². The van der Waals surface area contributed by atoms with E-state index in [2.05, 4.69) is 25.9 Å². The minimum atomic E-state index is 0.246. The molecule has 0 aliphatic rings. The van der Waals surface area contributed by atoms with E-state index in [4.69, 9.17) is 15.7 Å². The third-order valence-electron chi connectivity index (χ3n) is 2.17. The monoisotopic (exact) mass is 336 g/mol. The van der Waals surface area contributed by atoms with Gasteiger partial charge in [0.2, 0.25) is 0 Å². The lowest BCUT2D eigenvalue weighted by atomic mass is 10.2. The molecule has 2 aromatic rings. The zero-order chi connectivity index (χ0) is 13.7. The molecule has 0 saturated heterocycles. The molecule has 2 N–H and O–H groups in total. The summed E-state index contributed by atoms with van der Waals surface area (Å²) in [5.74, 6) is 1.09. The van der Waals surface area contributed by atoms with Crippen LogP contribution in [0.3, 0.4) is 0 Å². The van der Waals surface area contributed by atoms with Crippen molar-refractivity contribution in [2.24, 2.45) is 0 Å². The van der Waals surface area contributed by atoms with Gasteiger partial charge in [-0.15, -0.1) is 0 Å². The van der Waals surface area contributed by atoms with Crippen LogP contribution in [-0.2, 0) is 5.75 Å². The number of ether oxygens (including phenoxy) is 1. The summed E-state index contributed by atoms with van der Waals surface area (Å²) in [6, 6.07) is 5.50. The molecule has 0 fully saturated rings. The van der Waals surface area contributed by atoms with Crippen molar-refractivity contribution in [3.8, 4) is 17.2 Å². The number of nitrogens with zero attached hydrogens (tertiary/aromatic N) is 3. The maximum Gasteiger partial charge on any atom is 0.321 e. The Bertz CT molecular complexity index is 612. The minimum absolute atomic E-state index is 0.246. The van der Waals surface area contributed by atoms with Gasteiger partial charge in [-0.05, 0) is 45.9 Å². The number of nitrogens with two attached hydrogens (primary N) is 1. The van der Waals surface area contributed by atoms with Crippen molar-refractivity contribution in [2.75, 3.05) is 5.73 Å². The number of nitriles is 1. The summed E-state index contributed by atoms with van der Waals surface area (Å²) in [6.07, 6.45) is 3.20. The molecule has 7 heteroatoms. The average molecular weight is 337 g/mol. The topological polar surface area (TPSA) is 84.8 Å². The number of hydrogen-bond donors (Lipinski definition) is 1. The van der Waals surface area contributed by atoms with Crippen LogP contribution in [0.25, 0.3) is 0 Å². The van der Waals surface area contributed by atoms with Crippen LogP contribution in [0.2, 0.25) is 0 Å². The van der Waals surface area contributed by atoms with E-state index in [-0.39, 0.29) is 6.01 Å². The van der Waals surface area contributed by atoms with E-state index in [1.165, 1.54) is 0 Å². The van der Waals surface area contributed by atoms with Crippen LogP contribution in [0.15, 0.2) is 35.1 Å². The normalized spacial score (nSPS) is 9.89. The van der Waals surface area contributed by atoms with Gasteiger partial charge in [0, 0.05) is 29.4 Å². The van der Waals surface area contributed by atoms with Crippen LogP contribution in [0.4, 0.5) is 5.69 Å². The molecular weight excluding hydrogens is 328 g/mol. The van der Waals surface area contributed by atoms with E-state index in [1.54, 1.807) is 30.6 Å². The maximum absolute atomic E-state index is 8.62. The summed E-state index contributed by atoms with van der Waals surface area (Å²) in [7, 11) is 0. The van der Waals surface area contributed by atoms with Gasteiger partial charge in [0.1, 0.15) is 11.2 Å². The number of nitrogen functional groups attached to an aromatic ring is 1. The van der Waals surface area contributed by atoms with Gasteiger partial charge in [0.05, 0.1) is 4.47 Å². The Morgan fingerprint density at radius 3 is 2.79 bits per heavy atom. The van der Waals surface area contributed by atoms with E-state index in [1.807, 2.05) is 5.40 Å². The smallest absolute Gasteiger partial charge is 0.321 e. The molecule has 0 saturated carbocycles. The third kappa shape index (κ3) is 3.84. The largest absolute Gasteiger partial charge is 0.424 e. The van der Waals surface area contributed by atoms with Crippen LogP contribution in [0.1, 0.15) is 5.56 Å². The Balaban J connectivity index is 2.23. The molecule has 0 spiro atoms. The summed E-state index contributed by atoms with van der Waals surface area (Å²) < 4.78 is 6.37. The molecule has 0 unspecified atom stereocenters. The summed E-state index contributed by atoms with van der Waals surface area (Å²) >= 11 is 4.37. The van der Waals surface area contributed by atoms with E-state index >= 15 is 0 Å². The molecule has 0 aliphatic carbocycles. The highest BCUT2D eigenvalue weighted by atomic mass is 79.9. The van der Waals surface area contributed by atoms with Gasteiger partial charge in [0.25, 0.3) is 0 Å². The van der Waals surface area contributed by atoms with Gasteiger partial charge < -0.3 is 10.5 Å². The second-order valence-corrected chi connectivity index (χ2v) is 5.21. The van der Waals surface area contributed by atoms with Crippen molar-refractivity contribution in [1.82, 2.24) is 9.97 Å². The number of rotatable bonds is 4. The lowest BCUT2D eigenvalue weighted by molar-refractivity contribution is 0.438. The van der Waals surface area contributed by atoms with Crippen molar-refractivity contribution >= 4 is 33.4 Å². The molecule has 0 amide bonds. The second kappa shape index (κ2) is 6.41. The summed E-state index contributed by atoms with van der Waals surface area (Å²) in [5.41, 5.74) is 7.18. The highest BCUT2D eigenvalue weighted by molar-refractivity contribution is 9.10. The Morgan fingerprint density at radius 1 is 1.37 bits per heavy atom. The zero-order valence-corrected chi connectivity index (χ0v) is 12.1. The van der Waals surface area contributed by atoms with Crippen LogP contribution in [0.5, 0.6) is 11.8 Å². The Kier molecular flexibility index (Phi) is 4.60. The molecular formula is C12H9BrN4OS. The number of benzene rings is 1. The standard InChI is InChI=1S/C12H9BrN4OS/c13-9-4-16-12(17-5-9)18-11-2-1-10(15)3-8(11)6-19-7-14/h1-5H,6,15H2. The first-order chi connectivity index (χ1) is 9.19. The van der Waals surface area contributed by atoms with Crippen LogP contribution < -0.4 is 10.5 Å². The van der Waals surface area contributed by atoms with E-state index in [0.717, 1.165) is 21.8 Å². The molecule has 1 aromatic carbocycles. The number of halogens is 1. The molecule has 0 atom stereocenters. The van der Waals surface area contributed by atoms with Crippen molar-refractivity contribution in [1.29, 1.82) is 5.26 Å². The van der Waals surface area contributed by atoms with Crippen LogP contribution in [0, 0.1) is 10.7 Å². The van der Waals surface area contributed by atoms with Gasteiger partial charge in [-0.1, -0.05) is 0 Å². The Labute approximate surface area is 122 Å². The molecule has 2 rings (SSSR count). The van der Waals surface area contributed by atoms with Crippen LogP contribution in [-0.4, -0.2) is 9.97 Å². The van der Waals surface area contributed by atoms with Gasteiger partial charge in [0.15, 0.2) is 0 Å². The first-order valence-electron chi connectivity index (χ1n) is 5.23. The number of anilines is 1. The summed E-state index contributed by atoms with van der Waals surface area (Å²) in [6.45, 7) is 0. The third-order valence-corrected chi connectivity index (χ3v) is 3.17. The van der Waals surface area contributed by atoms with E-state index in [9.17, 15) is 0 Å². The second-order valence-electron chi connectivity index (χ2n) is 3.53. The number of aromatic nitrogens is 2. The summed E-state index contributed by atoms with van der Waals surface area (Å²) in [5, 5.41) is 10.6. The number of hydrogen-bond acceptors (Lipinski definition) is 6. The van der Waals surface area contributed by atoms with Crippen molar-refractivity contribution in [2.45, 2.75) is 5.75 Å². The highest BCUT2D eigenvalue weighted by Gasteiger charge is 2.07. The predicted molar refractivity (Wildman–Crippen MR) is 77.6 cm³/mol. The Morgan fingerprint density at radius 2 is 2.11 bits per heavy atom. The lowest BCUT2D eigenvalue weighted by Gasteiger charge is -2.09. The molecule has 1 heterocycles. The first kappa shape index (κ1) is 13.6. The van der Waals surface area contributed by atoms with Gasteiger partial charge in [-0.3, -0.25) is 0 Å². The van der Waals surface area contributed by atoms with Crippen molar-refractivity contribution in [3.05, 3.63) is 40.6 Å². The molecule has 0 radical (unpaired) electrons. The molecule has 1 aromatic heterocycles. The highest BCUT2D eigenvalue weighted by Crippen LogP contribution is 2.28. The fraction of sp³-hybridized carbons (Fsp3) is 0.0833. The molecule has 0 aliphatic heterocycles. The van der Waals surface area contributed by atoms with Crippen LogP contribution >= 0.6 is 27.7 Å². The predicted octanol–water partition coefficient (Wildman–Crippen LogP) is 3.33. The maximum atomic E-state index is 8.62. The van der Waals surface area contributed by atoms with Gasteiger partial charge in [-0.2, -0.15) is 5.26 Å². The summed E-state index contributed by atoms with van der Waals surface area (Å²) in [4.78, 5) is 8.07. The quantitative estimate of drug-likeness (QED) is 0.680. The fourth-order valence-corrected chi connectivity index (χ4v) is 2.02. The SMILES string of the molecule is N#CSCc1cc(N)ccc1Oc1ncc(Br)cn1. The molecule has 0 bridgehead atoms. The van der Waals surface area contributed by atoms with E-state index < -0.39 is 0 Å².